The van der Waals surface area contributed by atoms with Gasteiger partial charge in [-0.05, 0) is 12.1 Å². The minimum atomic E-state index is -1.07. The third-order valence-electron chi connectivity index (χ3n) is 1.82. The van der Waals surface area contributed by atoms with Gasteiger partial charge in [0.2, 0.25) is 0 Å². The maximum atomic E-state index is 10.7. The number of hydrogen-bond acceptors (Lipinski definition) is 4. The van der Waals surface area contributed by atoms with E-state index in [0.717, 1.165) is 0 Å². The van der Waals surface area contributed by atoms with Crippen LogP contribution in [0.1, 0.15) is 10.5 Å². The fourth-order valence-electron chi connectivity index (χ4n) is 1.14. The average molecular weight is 204 g/mol. The molecule has 0 amide bonds. The van der Waals surface area contributed by atoms with E-state index in [2.05, 4.69) is 15.1 Å². The molecule has 2 heterocycles. The molecule has 0 aliphatic rings. The number of carboxylic acid groups (broad SMARTS) is 1. The van der Waals surface area contributed by atoms with Crippen molar-refractivity contribution in [3.05, 3.63) is 30.2 Å². The van der Waals surface area contributed by atoms with Crippen LogP contribution in [0.3, 0.4) is 0 Å². The van der Waals surface area contributed by atoms with Gasteiger partial charge in [0.25, 0.3) is 0 Å². The van der Waals surface area contributed by atoms with Crippen molar-refractivity contribution >= 4 is 5.97 Å². The lowest BCUT2D eigenvalue weighted by molar-refractivity contribution is 0.0690. The van der Waals surface area contributed by atoms with Crippen molar-refractivity contribution in [3.8, 4) is 11.5 Å². The molecule has 0 unspecified atom stereocenters. The fraction of sp³-hybridized carbons (Fsp3) is 0.111. The van der Waals surface area contributed by atoms with Gasteiger partial charge in [0.05, 0.1) is 0 Å². The molecule has 1 N–H and O–H groups in total. The summed E-state index contributed by atoms with van der Waals surface area (Å²) < 4.78 is 1.60. The van der Waals surface area contributed by atoms with E-state index >= 15 is 0 Å². The Morgan fingerprint density at radius 1 is 1.47 bits per heavy atom. The third kappa shape index (κ3) is 1.83. The van der Waals surface area contributed by atoms with E-state index in [-0.39, 0.29) is 5.69 Å². The molecule has 0 bridgehead atoms. The Balaban J connectivity index is 2.45. The van der Waals surface area contributed by atoms with Gasteiger partial charge in [0.1, 0.15) is 5.69 Å². The fourth-order valence-corrected chi connectivity index (χ4v) is 1.14. The Bertz CT molecular complexity index is 506. The van der Waals surface area contributed by atoms with Crippen molar-refractivity contribution < 1.29 is 9.90 Å². The van der Waals surface area contributed by atoms with Crippen LogP contribution in [0.5, 0.6) is 0 Å². The topological polar surface area (TPSA) is 80.9 Å². The van der Waals surface area contributed by atoms with Gasteiger partial charge in [-0.1, -0.05) is 0 Å². The largest absolute Gasteiger partial charge is 0.477 e. The molecular formula is C9H8N4O2. The van der Waals surface area contributed by atoms with Gasteiger partial charge in [-0.25, -0.2) is 14.8 Å². The van der Waals surface area contributed by atoms with Crippen LogP contribution in [0.2, 0.25) is 0 Å². The summed E-state index contributed by atoms with van der Waals surface area (Å²) in [5.41, 5.74) is 0.520. The molecule has 0 aliphatic heterocycles. The average Bonchev–Trinajstić information content (AvgIpc) is 2.65. The molecule has 0 saturated heterocycles. The van der Waals surface area contributed by atoms with Crippen LogP contribution in [0.25, 0.3) is 11.5 Å². The van der Waals surface area contributed by atoms with Crippen LogP contribution < -0.4 is 0 Å². The lowest BCUT2D eigenvalue weighted by Crippen LogP contribution is -2.02. The summed E-state index contributed by atoms with van der Waals surface area (Å²) in [6.45, 7) is 0. The van der Waals surface area contributed by atoms with Gasteiger partial charge in [-0.15, -0.1) is 0 Å². The molecule has 2 aromatic rings. The SMILES string of the molecule is Cn1ccc(-c2nccc(C(=O)O)n2)n1. The first-order valence-electron chi connectivity index (χ1n) is 4.23. The van der Waals surface area contributed by atoms with Gasteiger partial charge >= 0.3 is 5.97 Å². The number of carboxylic acids is 1. The Morgan fingerprint density at radius 2 is 2.27 bits per heavy atom. The molecule has 0 aliphatic carbocycles. The third-order valence-corrected chi connectivity index (χ3v) is 1.82. The summed E-state index contributed by atoms with van der Waals surface area (Å²) in [5.74, 6) is -0.759. The first-order valence-corrected chi connectivity index (χ1v) is 4.23. The molecule has 0 radical (unpaired) electrons. The summed E-state index contributed by atoms with van der Waals surface area (Å²) >= 11 is 0. The van der Waals surface area contributed by atoms with Crippen molar-refractivity contribution in [1.82, 2.24) is 19.7 Å². The molecule has 0 atom stereocenters. The maximum absolute atomic E-state index is 10.7. The van der Waals surface area contributed by atoms with Crippen molar-refractivity contribution in [1.29, 1.82) is 0 Å². The van der Waals surface area contributed by atoms with Crippen molar-refractivity contribution in [2.75, 3.05) is 0 Å². The van der Waals surface area contributed by atoms with Crippen molar-refractivity contribution in [2.24, 2.45) is 7.05 Å². The van der Waals surface area contributed by atoms with E-state index in [9.17, 15) is 4.79 Å². The molecule has 6 heteroatoms. The second kappa shape index (κ2) is 3.49. The van der Waals surface area contributed by atoms with E-state index in [0.29, 0.717) is 11.5 Å². The molecule has 15 heavy (non-hydrogen) atoms. The van der Waals surface area contributed by atoms with Crippen LogP contribution in [0.15, 0.2) is 24.5 Å². The van der Waals surface area contributed by atoms with Crippen LogP contribution in [-0.2, 0) is 7.05 Å². The number of aryl methyl sites for hydroxylation is 1. The Morgan fingerprint density at radius 3 is 2.87 bits per heavy atom. The molecule has 0 saturated carbocycles. The predicted molar refractivity (Wildman–Crippen MR) is 51.2 cm³/mol. The van der Waals surface area contributed by atoms with Crippen molar-refractivity contribution in [2.45, 2.75) is 0 Å². The quantitative estimate of drug-likeness (QED) is 0.773. The molecule has 6 nitrogen and oxygen atoms in total. The molecule has 0 spiro atoms. The molecule has 2 rings (SSSR count). The first-order chi connectivity index (χ1) is 7.16. The smallest absolute Gasteiger partial charge is 0.354 e. The summed E-state index contributed by atoms with van der Waals surface area (Å²) in [5, 5.41) is 12.8. The predicted octanol–water partition coefficient (Wildman–Crippen LogP) is 0.575. The Hall–Kier alpha value is -2.24. The zero-order chi connectivity index (χ0) is 10.8. The number of nitrogens with zero attached hydrogens (tertiary/aromatic N) is 4. The standard InChI is InChI=1S/C9H8N4O2/c1-13-5-3-6(12-13)8-10-4-2-7(11-8)9(14)15/h2-5H,1H3,(H,14,15). The normalized spacial score (nSPS) is 10.2. The molecular weight excluding hydrogens is 196 g/mol. The van der Waals surface area contributed by atoms with Crippen LogP contribution >= 0.6 is 0 Å². The summed E-state index contributed by atoms with van der Waals surface area (Å²) in [4.78, 5) is 18.5. The highest BCUT2D eigenvalue weighted by atomic mass is 16.4. The second-order valence-electron chi connectivity index (χ2n) is 2.95. The summed E-state index contributed by atoms with van der Waals surface area (Å²) in [6, 6.07) is 3.07. The number of carbonyl (C=O) groups is 1. The first kappa shape index (κ1) is 9.32. The summed E-state index contributed by atoms with van der Waals surface area (Å²) in [7, 11) is 1.77. The monoisotopic (exact) mass is 204 g/mol. The zero-order valence-corrected chi connectivity index (χ0v) is 7.95. The van der Waals surface area contributed by atoms with Gasteiger partial charge in [0.15, 0.2) is 11.5 Å². The van der Waals surface area contributed by atoms with Crippen LogP contribution in [-0.4, -0.2) is 30.8 Å². The number of rotatable bonds is 2. The number of aromatic carboxylic acids is 1. The number of aromatic nitrogens is 4. The highest BCUT2D eigenvalue weighted by Gasteiger charge is 2.09. The molecule has 76 valence electrons. The minimum Gasteiger partial charge on any atom is -0.477 e. The van der Waals surface area contributed by atoms with Gasteiger partial charge < -0.3 is 5.11 Å². The van der Waals surface area contributed by atoms with E-state index in [1.54, 1.807) is 24.0 Å². The molecule has 0 aromatic carbocycles. The summed E-state index contributed by atoms with van der Waals surface area (Å²) in [6.07, 6.45) is 3.15. The van der Waals surface area contributed by atoms with Crippen LogP contribution in [0.4, 0.5) is 0 Å². The Kier molecular flexibility index (Phi) is 2.17. The lowest BCUT2D eigenvalue weighted by atomic mass is 10.3. The lowest BCUT2D eigenvalue weighted by Gasteiger charge is -1.96. The zero-order valence-electron chi connectivity index (χ0n) is 7.95. The van der Waals surface area contributed by atoms with Gasteiger partial charge in [0, 0.05) is 19.4 Å². The maximum Gasteiger partial charge on any atom is 0.354 e. The molecule has 2 aromatic heterocycles. The highest BCUT2D eigenvalue weighted by Crippen LogP contribution is 2.10. The minimum absolute atomic E-state index is 0.0364. The highest BCUT2D eigenvalue weighted by molar-refractivity contribution is 5.85. The van der Waals surface area contributed by atoms with Crippen LogP contribution in [0, 0.1) is 0 Å². The second-order valence-corrected chi connectivity index (χ2v) is 2.95. The number of hydrogen-bond donors (Lipinski definition) is 1. The van der Waals surface area contributed by atoms with E-state index in [1.165, 1.54) is 12.3 Å². The van der Waals surface area contributed by atoms with Gasteiger partial charge in [-0.2, -0.15) is 5.10 Å². The van der Waals surface area contributed by atoms with Gasteiger partial charge in [-0.3, -0.25) is 4.68 Å². The molecule has 0 fully saturated rings. The van der Waals surface area contributed by atoms with Crippen molar-refractivity contribution in [3.63, 3.8) is 0 Å². The Labute approximate surface area is 85.2 Å². The van der Waals surface area contributed by atoms with E-state index in [1.807, 2.05) is 0 Å². The van der Waals surface area contributed by atoms with E-state index < -0.39 is 5.97 Å². The van der Waals surface area contributed by atoms with E-state index in [4.69, 9.17) is 5.11 Å².